The minimum Gasteiger partial charge on any atom is -0.419 e. The number of nitro groups is 1. The summed E-state index contributed by atoms with van der Waals surface area (Å²) in [5, 5.41) is 11.4. The van der Waals surface area contributed by atoms with Crippen LogP contribution >= 0.6 is 0 Å². The van der Waals surface area contributed by atoms with Crippen LogP contribution in [0, 0.1) is 45.6 Å². The fourth-order valence-electron chi connectivity index (χ4n) is 5.24. The standard InChI is InChI=1S/C19H16N2O6/c1-8(22)27-15-5-2-9(6-14(15)21(25)26)20-18(23)16-10-3-4-11(13-7-12(10)13)17(16)19(20)24/h2-6,10-13,16-17H,7H2,1H3/t10-,11-,12-,13-,16-,17+/m1/s1. The number of amides is 2. The van der Waals surface area contributed by atoms with Gasteiger partial charge in [0.15, 0.2) is 0 Å². The van der Waals surface area contributed by atoms with Gasteiger partial charge in [0.1, 0.15) is 0 Å². The van der Waals surface area contributed by atoms with Crippen LogP contribution in [-0.4, -0.2) is 22.7 Å². The van der Waals surface area contributed by atoms with Crippen molar-refractivity contribution in [2.75, 3.05) is 4.90 Å². The molecule has 2 saturated carbocycles. The summed E-state index contributed by atoms with van der Waals surface area (Å²) in [5.74, 6) is -1.08. The third-order valence-corrected chi connectivity index (χ3v) is 6.31. The molecule has 138 valence electrons. The highest BCUT2D eigenvalue weighted by Gasteiger charge is 2.67. The van der Waals surface area contributed by atoms with Crippen molar-refractivity contribution >= 4 is 29.2 Å². The number of ether oxygens (including phenoxy) is 1. The molecule has 1 aromatic carbocycles. The summed E-state index contributed by atoms with van der Waals surface area (Å²) in [6, 6.07) is 3.79. The molecule has 2 bridgehead atoms. The van der Waals surface area contributed by atoms with Crippen molar-refractivity contribution in [2.24, 2.45) is 35.5 Å². The Balaban J connectivity index is 1.53. The van der Waals surface area contributed by atoms with E-state index in [2.05, 4.69) is 12.2 Å². The van der Waals surface area contributed by atoms with Gasteiger partial charge in [0, 0.05) is 13.0 Å². The van der Waals surface area contributed by atoms with Gasteiger partial charge in [-0.2, -0.15) is 0 Å². The Bertz CT molecular complexity index is 918. The average Bonchev–Trinajstić information content (AvgIpc) is 3.39. The zero-order valence-electron chi connectivity index (χ0n) is 14.4. The second-order valence-corrected chi connectivity index (χ2v) is 7.67. The molecule has 1 heterocycles. The molecule has 8 heteroatoms. The highest BCUT2D eigenvalue weighted by molar-refractivity contribution is 6.22. The number of anilines is 1. The predicted octanol–water partition coefficient (Wildman–Crippen LogP) is 2.08. The molecule has 1 aliphatic heterocycles. The van der Waals surface area contributed by atoms with Gasteiger partial charge in [-0.25, -0.2) is 4.90 Å². The molecule has 0 aromatic heterocycles. The SMILES string of the molecule is CC(=O)Oc1ccc(N2C(=O)[C@@H]3[C@@H]4C=C[C@H]([C@H]5C[C@H]45)[C@@H]3C2=O)cc1[N+](=O)[O-]. The summed E-state index contributed by atoms with van der Waals surface area (Å²) in [4.78, 5) is 49.0. The number of rotatable bonds is 3. The molecule has 27 heavy (non-hydrogen) atoms. The molecule has 8 nitrogen and oxygen atoms in total. The van der Waals surface area contributed by atoms with E-state index in [1.165, 1.54) is 12.1 Å². The maximum Gasteiger partial charge on any atom is 0.313 e. The number of esters is 1. The third-order valence-electron chi connectivity index (χ3n) is 6.31. The van der Waals surface area contributed by atoms with Crippen LogP contribution in [0.5, 0.6) is 5.75 Å². The van der Waals surface area contributed by atoms with Crippen LogP contribution in [0.25, 0.3) is 0 Å². The van der Waals surface area contributed by atoms with Gasteiger partial charge in [0.2, 0.25) is 17.6 Å². The normalized spacial score (nSPS) is 35.1. The highest BCUT2D eigenvalue weighted by Crippen LogP contribution is 2.65. The Morgan fingerprint density at radius 2 is 1.74 bits per heavy atom. The van der Waals surface area contributed by atoms with E-state index in [0.717, 1.165) is 24.3 Å². The second-order valence-electron chi connectivity index (χ2n) is 7.67. The molecule has 0 unspecified atom stereocenters. The van der Waals surface area contributed by atoms with Crippen LogP contribution in [-0.2, 0) is 14.4 Å². The van der Waals surface area contributed by atoms with Gasteiger partial charge in [0.05, 0.1) is 22.4 Å². The summed E-state index contributed by atoms with van der Waals surface area (Å²) < 4.78 is 4.86. The van der Waals surface area contributed by atoms with Crippen LogP contribution in [0.1, 0.15) is 13.3 Å². The first-order chi connectivity index (χ1) is 12.9. The Morgan fingerprint density at radius 1 is 1.15 bits per heavy atom. The van der Waals surface area contributed by atoms with Gasteiger partial charge in [-0.1, -0.05) is 12.2 Å². The van der Waals surface area contributed by atoms with Gasteiger partial charge < -0.3 is 4.74 Å². The van der Waals surface area contributed by atoms with E-state index in [9.17, 15) is 24.5 Å². The molecule has 0 radical (unpaired) electrons. The fourth-order valence-corrected chi connectivity index (χ4v) is 5.24. The summed E-state index contributed by atoms with van der Waals surface area (Å²) in [5.41, 5.74) is -0.308. The molecule has 6 rings (SSSR count). The molecule has 0 N–H and O–H groups in total. The van der Waals surface area contributed by atoms with Crippen LogP contribution in [0.3, 0.4) is 0 Å². The van der Waals surface area contributed by atoms with Crippen molar-refractivity contribution in [1.29, 1.82) is 0 Å². The first kappa shape index (κ1) is 16.2. The Morgan fingerprint density at radius 3 is 2.26 bits per heavy atom. The number of carbonyl (C=O) groups is 3. The summed E-state index contributed by atoms with van der Waals surface area (Å²) in [7, 11) is 0. The second kappa shape index (κ2) is 5.25. The van der Waals surface area contributed by atoms with Gasteiger partial charge in [-0.3, -0.25) is 24.5 Å². The lowest BCUT2D eigenvalue weighted by Gasteiger charge is -2.37. The minimum absolute atomic E-state index is 0.0850. The third kappa shape index (κ3) is 2.12. The Labute approximate surface area is 153 Å². The molecule has 1 aromatic rings. The molecule has 3 fully saturated rings. The van der Waals surface area contributed by atoms with Crippen molar-refractivity contribution < 1.29 is 24.0 Å². The number of nitrogens with zero attached hydrogens (tertiary/aromatic N) is 2. The summed E-state index contributed by atoms with van der Waals surface area (Å²) >= 11 is 0. The molecule has 6 atom stereocenters. The van der Waals surface area contributed by atoms with E-state index < -0.39 is 16.6 Å². The zero-order valence-corrected chi connectivity index (χ0v) is 14.4. The summed E-state index contributed by atoms with van der Waals surface area (Å²) in [6.45, 7) is 1.14. The molecule has 0 spiro atoms. The van der Waals surface area contributed by atoms with Gasteiger partial charge in [-0.15, -0.1) is 0 Å². The smallest absolute Gasteiger partial charge is 0.313 e. The highest BCUT2D eigenvalue weighted by atomic mass is 16.6. The number of benzene rings is 1. The van der Waals surface area contributed by atoms with Crippen molar-refractivity contribution in [3.8, 4) is 5.75 Å². The molecule has 4 aliphatic carbocycles. The molecule has 5 aliphatic rings. The Hall–Kier alpha value is -3.03. The van der Waals surface area contributed by atoms with Crippen molar-refractivity contribution in [3.63, 3.8) is 0 Å². The van der Waals surface area contributed by atoms with Crippen LogP contribution in [0.4, 0.5) is 11.4 Å². The van der Waals surface area contributed by atoms with E-state index in [0.29, 0.717) is 11.8 Å². The van der Waals surface area contributed by atoms with Gasteiger partial charge >= 0.3 is 11.7 Å². The van der Waals surface area contributed by atoms with E-state index in [4.69, 9.17) is 4.74 Å². The average molecular weight is 368 g/mol. The van der Waals surface area contributed by atoms with E-state index in [1.807, 2.05) is 0 Å². The zero-order chi connectivity index (χ0) is 19.0. The Kier molecular flexibility index (Phi) is 3.14. The van der Waals surface area contributed by atoms with Gasteiger partial charge in [0.25, 0.3) is 0 Å². The van der Waals surface area contributed by atoms with Crippen molar-refractivity contribution in [2.45, 2.75) is 13.3 Å². The number of hydrogen-bond acceptors (Lipinski definition) is 6. The van der Waals surface area contributed by atoms with Crippen molar-refractivity contribution in [1.82, 2.24) is 0 Å². The number of imide groups is 1. The van der Waals surface area contributed by atoms with Crippen LogP contribution in [0.15, 0.2) is 30.4 Å². The quantitative estimate of drug-likeness (QED) is 0.202. The lowest BCUT2D eigenvalue weighted by atomic mass is 9.63. The van der Waals surface area contributed by atoms with Crippen LogP contribution < -0.4 is 9.64 Å². The molecule has 1 saturated heterocycles. The number of carbonyl (C=O) groups excluding carboxylic acids is 3. The number of nitro benzene ring substituents is 1. The topological polar surface area (TPSA) is 107 Å². The maximum atomic E-state index is 13.1. The maximum absolute atomic E-state index is 13.1. The number of hydrogen-bond donors (Lipinski definition) is 0. The van der Waals surface area contributed by atoms with Gasteiger partial charge in [-0.05, 0) is 42.2 Å². The lowest BCUT2D eigenvalue weighted by Crippen LogP contribution is -2.40. The first-order valence-electron chi connectivity index (χ1n) is 8.91. The van der Waals surface area contributed by atoms with E-state index in [1.54, 1.807) is 0 Å². The lowest BCUT2D eigenvalue weighted by molar-refractivity contribution is -0.385. The largest absolute Gasteiger partial charge is 0.419 e. The molecular formula is C19H16N2O6. The monoisotopic (exact) mass is 368 g/mol. The van der Waals surface area contributed by atoms with E-state index in [-0.39, 0.29) is 46.9 Å². The first-order valence-corrected chi connectivity index (χ1v) is 8.91. The summed E-state index contributed by atoms with van der Waals surface area (Å²) in [6.07, 6.45) is 5.21. The minimum atomic E-state index is -0.694. The number of allylic oxidation sites excluding steroid dienone is 2. The van der Waals surface area contributed by atoms with Crippen LogP contribution in [0.2, 0.25) is 0 Å². The molecular weight excluding hydrogens is 352 g/mol. The molecule has 2 amide bonds. The fraction of sp³-hybridized carbons (Fsp3) is 0.421. The predicted molar refractivity (Wildman–Crippen MR) is 91.6 cm³/mol. The van der Waals surface area contributed by atoms with E-state index >= 15 is 0 Å². The van der Waals surface area contributed by atoms with Crippen molar-refractivity contribution in [3.05, 3.63) is 40.5 Å².